The molecule has 2 saturated heterocycles. The Bertz CT molecular complexity index is 2390. The maximum Gasteiger partial charge on any atom is 0.326 e. The zero-order valence-electron chi connectivity index (χ0n) is 32.0. The Labute approximate surface area is 360 Å². The van der Waals surface area contributed by atoms with Gasteiger partial charge in [0.25, 0.3) is 11.8 Å². The van der Waals surface area contributed by atoms with E-state index in [1.807, 2.05) is 48.5 Å². The normalized spacial score (nSPS) is 18.4. The molecule has 0 radical (unpaired) electrons. The van der Waals surface area contributed by atoms with E-state index in [1.165, 1.54) is 16.0 Å². The summed E-state index contributed by atoms with van der Waals surface area (Å²) in [5.41, 5.74) is 4.84. The SMILES string of the molecule is Cc1nc(-c2ccccc2)ccc1C(=O)N1[C@@H](c2ccccc2Cl)CC[C@H]1C(=O)O.O=C(O)[C@@H]1CC[C@H](c2ccccc2Cl)N1C(=O)c1cnc(-c2cccnc2)nc1Cl. The number of pyridine rings is 2. The molecule has 2 N–H and O–H groups in total. The standard InChI is InChI=1S/C24H21ClN2O3.C21H16Cl2N4O3/c1-15-17(11-12-20(26-15)16-7-3-2-4-8-16)23(28)27-21(13-14-22(27)24(29)30)18-9-5-6-10-19(18)25;22-15-6-2-1-5-13(15)16-7-8-17(21(29)30)27(16)20(28)14-11-25-19(26-18(14)23)12-4-3-9-24-10-12/h2-12,21-22H,13-14H2,1H3,(H,29,30);1-6,9-11,16-17H,7-8H2,(H,29,30)/t21-,22+;16-,17+/m11/s1. The number of halogens is 3. The number of benzene rings is 3. The molecule has 5 heterocycles. The fraction of sp³-hybridized carbons (Fsp3) is 0.200. The van der Waals surface area contributed by atoms with Gasteiger partial charge in [-0.3, -0.25) is 19.6 Å². The number of aromatic nitrogens is 4. The summed E-state index contributed by atoms with van der Waals surface area (Å²) in [7, 11) is 0. The first-order chi connectivity index (χ1) is 28.9. The van der Waals surface area contributed by atoms with Crippen molar-refractivity contribution in [3.63, 3.8) is 0 Å². The Morgan fingerprint density at radius 1 is 0.600 bits per heavy atom. The number of aryl methyl sites for hydroxylation is 1. The molecule has 0 aliphatic carbocycles. The van der Waals surface area contributed by atoms with Crippen molar-refractivity contribution in [1.29, 1.82) is 0 Å². The van der Waals surface area contributed by atoms with Crippen molar-refractivity contribution in [3.05, 3.63) is 165 Å². The van der Waals surface area contributed by atoms with Crippen molar-refractivity contribution in [2.75, 3.05) is 0 Å². The van der Waals surface area contributed by atoms with Gasteiger partial charge >= 0.3 is 11.9 Å². The monoisotopic (exact) mass is 862 g/mol. The molecule has 15 heteroatoms. The van der Waals surface area contributed by atoms with Crippen molar-refractivity contribution >= 4 is 58.6 Å². The van der Waals surface area contributed by atoms with Crippen LogP contribution < -0.4 is 0 Å². The molecule has 0 unspecified atom stereocenters. The molecule has 3 aromatic carbocycles. The number of carbonyl (C=O) groups excluding carboxylic acids is 2. The largest absolute Gasteiger partial charge is 0.480 e. The molecule has 0 bridgehead atoms. The minimum absolute atomic E-state index is 0.0366. The summed E-state index contributed by atoms with van der Waals surface area (Å²) in [6.45, 7) is 1.77. The number of aliphatic carboxylic acids is 2. The minimum atomic E-state index is -1.08. The molecule has 2 amide bonds. The number of likely N-dealkylation sites (tertiary alicyclic amines) is 2. The van der Waals surface area contributed by atoms with Crippen LogP contribution >= 0.6 is 34.8 Å². The number of amides is 2. The molecule has 8 rings (SSSR count). The fourth-order valence-electron chi connectivity index (χ4n) is 7.75. The maximum absolute atomic E-state index is 13.5. The van der Waals surface area contributed by atoms with Crippen LogP contribution in [0, 0.1) is 6.92 Å². The second kappa shape index (κ2) is 18.4. The number of hydrogen-bond acceptors (Lipinski definition) is 8. The number of carboxylic acid groups (broad SMARTS) is 2. The predicted molar refractivity (Wildman–Crippen MR) is 227 cm³/mol. The molecule has 4 atom stereocenters. The molecule has 0 spiro atoms. The van der Waals surface area contributed by atoms with E-state index in [1.54, 1.807) is 73.9 Å². The van der Waals surface area contributed by atoms with E-state index in [0.29, 0.717) is 63.9 Å². The van der Waals surface area contributed by atoms with E-state index in [2.05, 4.69) is 19.9 Å². The van der Waals surface area contributed by atoms with Gasteiger partial charge in [0.2, 0.25) is 0 Å². The molecule has 2 fully saturated rings. The topological polar surface area (TPSA) is 167 Å². The molecular weight excluding hydrogens is 827 g/mol. The molecule has 12 nitrogen and oxygen atoms in total. The minimum Gasteiger partial charge on any atom is -0.480 e. The Balaban J connectivity index is 0.000000181. The van der Waals surface area contributed by atoms with E-state index in [-0.39, 0.29) is 22.7 Å². The van der Waals surface area contributed by atoms with Crippen LogP contribution in [0.4, 0.5) is 0 Å². The van der Waals surface area contributed by atoms with Crippen LogP contribution in [0.1, 0.15) is 75.3 Å². The Kier molecular flexibility index (Phi) is 12.8. The van der Waals surface area contributed by atoms with Gasteiger partial charge in [0.15, 0.2) is 5.82 Å². The molecule has 6 aromatic rings. The summed E-state index contributed by atoms with van der Waals surface area (Å²) in [5.74, 6) is -2.66. The molecule has 2 aliphatic rings. The highest BCUT2D eigenvalue weighted by atomic mass is 35.5. The van der Waals surface area contributed by atoms with Gasteiger partial charge in [0.1, 0.15) is 17.2 Å². The summed E-state index contributed by atoms with van der Waals surface area (Å²) in [6.07, 6.45) is 6.23. The fourth-order valence-corrected chi connectivity index (χ4v) is 8.48. The zero-order valence-corrected chi connectivity index (χ0v) is 34.3. The molecule has 304 valence electrons. The van der Waals surface area contributed by atoms with Crippen molar-refractivity contribution in [2.45, 2.75) is 56.8 Å². The second-order valence-electron chi connectivity index (χ2n) is 14.2. The third-order valence-electron chi connectivity index (χ3n) is 10.6. The Morgan fingerprint density at radius 3 is 1.63 bits per heavy atom. The molecular formula is C45H37Cl3N6O6. The van der Waals surface area contributed by atoms with Crippen LogP contribution in [0.15, 0.2) is 122 Å². The second-order valence-corrected chi connectivity index (χ2v) is 15.4. The highest BCUT2D eigenvalue weighted by molar-refractivity contribution is 6.33. The van der Waals surface area contributed by atoms with Gasteiger partial charge in [-0.2, -0.15) is 0 Å². The number of nitrogens with zero attached hydrogens (tertiary/aromatic N) is 6. The first-order valence-electron chi connectivity index (χ1n) is 19.0. The van der Waals surface area contributed by atoms with Crippen LogP contribution in [-0.4, -0.2) is 75.8 Å². The summed E-state index contributed by atoms with van der Waals surface area (Å²) in [4.78, 5) is 70.4. The molecule has 0 saturated carbocycles. The lowest BCUT2D eigenvalue weighted by Crippen LogP contribution is -2.42. The Morgan fingerprint density at radius 2 is 1.13 bits per heavy atom. The summed E-state index contributed by atoms with van der Waals surface area (Å²) < 4.78 is 0. The maximum atomic E-state index is 13.5. The van der Waals surface area contributed by atoms with Crippen molar-refractivity contribution in [3.8, 4) is 22.6 Å². The Hall–Kier alpha value is -6.21. The molecule has 60 heavy (non-hydrogen) atoms. The average molecular weight is 864 g/mol. The lowest BCUT2D eigenvalue weighted by atomic mass is 10.0. The molecule has 3 aromatic heterocycles. The van der Waals surface area contributed by atoms with Crippen molar-refractivity contribution in [1.82, 2.24) is 29.7 Å². The number of carboxylic acids is 2. The van der Waals surface area contributed by atoms with Crippen LogP contribution in [0.25, 0.3) is 22.6 Å². The van der Waals surface area contributed by atoms with Crippen LogP contribution in [0.3, 0.4) is 0 Å². The third-order valence-corrected chi connectivity index (χ3v) is 11.6. The van der Waals surface area contributed by atoms with Gasteiger partial charge in [0.05, 0.1) is 34.6 Å². The van der Waals surface area contributed by atoms with E-state index in [9.17, 15) is 29.4 Å². The van der Waals surface area contributed by atoms with Gasteiger partial charge in [-0.05, 0) is 80.1 Å². The number of hydrogen-bond donors (Lipinski definition) is 2. The van der Waals surface area contributed by atoms with Crippen LogP contribution in [0.5, 0.6) is 0 Å². The van der Waals surface area contributed by atoms with Gasteiger partial charge in [0, 0.05) is 39.8 Å². The number of carbonyl (C=O) groups is 4. The predicted octanol–water partition coefficient (Wildman–Crippen LogP) is 9.42. The summed E-state index contributed by atoms with van der Waals surface area (Å²) in [6, 6.07) is 28.3. The summed E-state index contributed by atoms with van der Waals surface area (Å²) >= 11 is 19.0. The smallest absolute Gasteiger partial charge is 0.326 e. The lowest BCUT2D eigenvalue weighted by Gasteiger charge is -2.29. The quantitative estimate of drug-likeness (QED) is 0.141. The van der Waals surface area contributed by atoms with E-state index in [0.717, 1.165) is 16.8 Å². The lowest BCUT2D eigenvalue weighted by molar-refractivity contribution is -0.142. The number of rotatable bonds is 8. The summed E-state index contributed by atoms with van der Waals surface area (Å²) in [5, 5.41) is 20.4. The van der Waals surface area contributed by atoms with E-state index in [4.69, 9.17) is 34.8 Å². The van der Waals surface area contributed by atoms with Gasteiger partial charge in [-0.1, -0.05) is 102 Å². The van der Waals surface area contributed by atoms with Crippen LogP contribution in [-0.2, 0) is 9.59 Å². The van der Waals surface area contributed by atoms with Gasteiger partial charge in [-0.25, -0.2) is 19.6 Å². The highest BCUT2D eigenvalue weighted by Gasteiger charge is 2.44. The van der Waals surface area contributed by atoms with Crippen molar-refractivity contribution in [2.24, 2.45) is 0 Å². The first-order valence-corrected chi connectivity index (χ1v) is 20.1. The molecule has 2 aliphatic heterocycles. The van der Waals surface area contributed by atoms with Crippen molar-refractivity contribution < 1.29 is 29.4 Å². The van der Waals surface area contributed by atoms with Gasteiger partial charge < -0.3 is 20.0 Å². The highest BCUT2D eigenvalue weighted by Crippen LogP contribution is 2.42. The van der Waals surface area contributed by atoms with E-state index < -0.39 is 36.0 Å². The van der Waals surface area contributed by atoms with Crippen LogP contribution in [0.2, 0.25) is 15.2 Å². The zero-order chi connectivity index (χ0) is 42.5. The third kappa shape index (κ3) is 8.72. The van der Waals surface area contributed by atoms with Gasteiger partial charge in [-0.15, -0.1) is 0 Å². The first kappa shape index (κ1) is 41.9. The van der Waals surface area contributed by atoms with E-state index >= 15 is 0 Å². The average Bonchev–Trinajstić information content (AvgIpc) is 3.91.